The van der Waals surface area contributed by atoms with Crippen molar-refractivity contribution >= 4 is 5.97 Å². The van der Waals surface area contributed by atoms with Crippen molar-refractivity contribution in [3.63, 3.8) is 0 Å². The number of carbonyl (C=O) groups excluding carboxylic acids is 1. The first-order chi connectivity index (χ1) is 7.77. The molecule has 0 saturated carbocycles. The normalized spacial score (nSPS) is 9.50. The van der Waals surface area contributed by atoms with Crippen LogP contribution < -0.4 is 4.74 Å². The van der Waals surface area contributed by atoms with Gasteiger partial charge in [0.05, 0.1) is 0 Å². The van der Waals surface area contributed by atoms with Crippen LogP contribution in [0.25, 0.3) is 0 Å². The maximum Gasteiger partial charge on any atom is 0.311 e. The zero-order valence-electron chi connectivity index (χ0n) is 9.32. The van der Waals surface area contributed by atoms with Gasteiger partial charge < -0.3 is 4.74 Å². The number of benzene rings is 1. The van der Waals surface area contributed by atoms with Crippen molar-refractivity contribution in [3.05, 3.63) is 55.1 Å². The first-order valence-electron chi connectivity index (χ1n) is 5.28. The lowest BCUT2D eigenvalue weighted by Crippen LogP contribution is -2.08. The van der Waals surface area contributed by atoms with Crippen LogP contribution in [0.4, 0.5) is 0 Å². The summed E-state index contributed by atoms with van der Waals surface area (Å²) in [4.78, 5) is 11.4. The minimum atomic E-state index is -0.226. The summed E-state index contributed by atoms with van der Waals surface area (Å²) in [6.45, 7) is 7.24. The number of para-hydroxylation sites is 1. The Hall–Kier alpha value is -1.83. The molecule has 1 aromatic rings. The third-order valence-electron chi connectivity index (χ3n) is 2.11. The molecule has 1 aromatic carbocycles. The molecule has 0 heterocycles. The molecule has 0 unspecified atom stereocenters. The van der Waals surface area contributed by atoms with E-state index in [0.29, 0.717) is 25.0 Å². The van der Waals surface area contributed by atoms with Gasteiger partial charge in [0, 0.05) is 6.42 Å². The zero-order valence-corrected chi connectivity index (χ0v) is 9.32. The Labute approximate surface area is 96.2 Å². The van der Waals surface area contributed by atoms with Crippen molar-refractivity contribution < 1.29 is 9.53 Å². The largest absolute Gasteiger partial charge is 0.426 e. The quantitative estimate of drug-likeness (QED) is 0.414. The van der Waals surface area contributed by atoms with Gasteiger partial charge in [0.2, 0.25) is 0 Å². The molecule has 0 aliphatic carbocycles. The third-order valence-corrected chi connectivity index (χ3v) is 2.11. The third kappa shape index (κ3) is 3.73. The van der Waals surface area contributed by atoms with Crippen LogP contribution in [0, 0.1) is 0 Å². The fourth-order valence-corrected chi connectivity index (χ4v) is 1.32. The second-order valence-corrected chi connectivity index (χ2v) is 3.40. The molecule has 1 rings (SSSR count). The van der Waals surface area contributed by atoms with Gasteiger partial charge in [-0.05, 0) is 24.5 Å². The second-order valence-electron chi connectivity index (χ2n) is 3.40. The van der Waals surface area contributed by atoms with E-state index in [9.17, 15) is 4.79 Å². The van der Waals surface area contributed by atoms with Crippen molar-refractivity contribution in [2.24, 2.45) is 0 Å². The van der Waals surface area contributed by atoms with Crippen LogP contribution in [0.1, 0.15) is 18.4 Å². The Morgan fingerprint density at radius 3 is 2.69 bits per heavy atom. The highest BCUT2D eigenvalue weighted by Gasteiger charge is 2.06. The SMILES string of the molecule is C=CCCC(=O)Oc1ccccc1CC=C. The maximum absolute atomic E-state index is 11.4. The molecule has 0 bridgehead atoms. The Morgan fingerprint density at radius 2 is 2.00 bits per heavy atom. The summed E-state index contributed by atoms with van der Waals surface area (Å²) in [5.74, 6) is 0.396. The van der Waals surface area contributed by atoms with E-state index in [0.717, 1.165) is 5.56 Å². The standard InChI is InChI=1S/C14H16O2/c1-3-5-11-14(15)16-13-10-7-6-9-12(13)8-4-2/h3-4,6-7,9-10H,1-2,5,8,11H2. The smallest absolute Gasteiger partial charge is 0.311 e. The van der Waals surface area contributed by atoms with Gasteiger partial charge in [-0.15, -0.1) is 13.2 Å². The summed E-state index contributed by atoms with van der Waals surface area (Å²) in [5.41, 5.74) is 0.976. The molecule has 0 N–H and O–H groups in total. The average molecular weight is 216 g/mol. The minimum absolute atomic E-state index is 0.226. The minimum Gasteiger partial charge on any atom is -0.426 e. The van der Waals surface area contributed by atoms with E-state index in [1.807, 2.05) is 18.2 Å². The zero-order chi connectivity index (χ0) is 11.8. The summed E-state index contributed by atoms with van der Waals surface area (Å²) in [6, 6.07) is 7.49. The average Bonchev–Trinajstić information content (AvgIpc) is 2.29. The summed E-state index contributed by atoms with van der Waals surface area (Å²) in [5, 5.41) is 0. The molecule has 0 atom stereocenters. The number of hydrogen-bond donors (Lipinski definition) is 0. The number of esters is 1. The Kier molecular flexibility index (Phi) is 5.06. The highest BCUT2D eigenvalue weighted by Crippen LogP contribution is 2.19. The molecule has 0 fully saturated rings. The van der Waals surface area contributed by atoms with Gasteiger partial charge >= 0.3 is 5.97 Å². The fraction of sp³-hybridized carbons (Fsp3) is 0.214. The fourth-order valence-electron chi connectivity index (χ4n) is 1.32. The number of rotatable bonds is 6. The topological polar surface area (TPSA) is 26.3 Å². The number of hydrogen-bond acceptors (Lipinski definition) is 2. The molecule has 0 saturated heterocycles. The van der Waals surface area contributed by atoms with E-state index in [-0.39, 0.29) is 5.97 Å². The van der Waals surface area contributed by atoms with Crippen molar-refractivity contribution in [2.45, 2.75) is 19.3 Å². The van der Waals surface area contributed by atoms with Crippen LogP contribution in [-0.4, -0.2) is 5.97 Å². The van der Waals surface area contributed by atoms with Gasteiger partial charge in [0.25, 0.3) is 0 Å². The van der Waals surface area contributed by atoms with Gasteiger partial charge in [-0.1, -0.05) is 30.4 Å². The highest BCUT2D eigenvalue weighted by molar-refractivity contribution is 5.72. The number of allylic oxidation sites excluding steroid dienone is 2. The summed E-state index contributed by atoms with van der Waals surface area (Å²) in [6.07, 6.45) is 5.20. The predicted octanol–water partition coefficient (Wildman–Crippen LogP) is 3.29. The number of ether oxygens (including phenoxy) is 1. The lowest BCUT2D eigenvalue weighted by molar-refractivity contribution is -0.134. The summed E-state index contributed by atoms with van der Waals surface area (Å²) in [7, 11) is 0. The van der Waals surface area contributed by atoms with Crippen LogP contribution in [-0.2, 0) is 11.2 Å². The lowest BCUT2D eigenvalue weighted by Gasteiger charge is -2.07. The predicted molar refractivity (Wildman–Crippen MR) is 65.4 cm³/mol. The van der Waals surface area contributed by atoms with E-state index in [4.69, 9.17) is 4.74 Å². The molecule has 2 heteroatoms. The van der Waals surface area contributed by atoms with Gasteiger partial charge in [-0.2, -0.15) is 0 Å². The highest BCUT2D eigenvalue weighted by atomic mass is 16.5. The van der Waals surface area contributed by atoms with E-state index in [2.05, 4.69) is 13.2 Å². The van der Waals surface area contributed by atoms with E-state index < -0.39 is 0 Å². The van der Waals surface area contributed by atoms with Gasteiger partial charge in [0.1, 0.15) is 5.75 Å². The van der Waals surface area contributed by atoms with Crippen LogP contribution >= 0.6 is 0 Å². The van der Waals surface area contributed by atoms with Crippen molar-refractivity contribution in [1.82, 2.24) is 0 Å². The molecule has 0 aliphatic heterocycles. The van der Waals surface area contributed by atoms with Crippen molar-refractivity contribution in [3.8, 4) is 5.75 Å². The van der Waals surface area contributed by atoms with Crippen molar-refractivity contribution in [2.75, 3.05) is 0 Å². The Morgan fingerprint density at radius 1 is 1.25 bits per heavy atom. The molecular weight excluding hydrogens is 200 g/mol. The van der Waals surface area contributed by atoms with E-state index >= 15 is 0 Å². The second kappa shape index (κ2) is 6.62. The van der Waals surface area contributed by atoms with Crippen LogP contribution in [0.3, 0.4) is 0 Å². The number of carbonyl (C=O) groups is 1. The van der Waals surface area contributed by atoms with Crippen LogP contribution in [0.2, 0.25) is 0 Å². The molecule has 0 aliphatic rings. The molecule has 0 aromatic heterocycles. The maximum atomic E-state index is 11.4. The monoisotopic (exact) mass is 216 g/mol. The molecule has 84 valence electrons. The summed E-state index contributed by atoms with van der Waals surface area (Å²) < 4.78 is 5.27. The Balaban J connectivity index is 2.68. The Bertz CT molecular complexity index is 380. The van der Waals surface area contributed by atoms with E-state index in [1.165, 1.54) is 0 Å². The molecule has 0 amide bonds. The first kappa shape index (κ1) is 12.2. The van der Waals surface area contributed by atoms with Crippen LogP contribution in [0.5, 0.6) is 5.75 Å². The van der Waals surface area contributed by atoms with Gasteiger partial charge in [0.15, 0.2) is 0 Å². The van der Waals surface area contributed by atoms with Gasteiger partial charge in [-0.25, -0.2) is 0 Å². The molecule has 0 spiro atoms. The summed E-state index contributed by atoms with van der Waals surface area (Å²) >= 11 is 0. The van der Waals surface area contributed by atoms with Crippen molar-refractivity contribution in [1.29, 1.82) is 0 Å². The van der Waals surface area contributed by atoms with E-state index in [1.54, 1.807) is 18.2 Å². The molecule has 16 heavy (non-hydrogen) atoms. The van der Waals surface area contributed by atoms with Gasteiger partial charge in [-0.3, -0.25) is 4.79 Å². The lowest BCUT2D eigenvalue weighted by atomic mass is 10.1. The molecule has 0 radical (unpaired) electrons. The molecular formula is C14H16O2. The first-order valence-corrected chi connectivity index (χ1v) is 5.28. The van der Waals surface area contributed by atoms with Crippen LogP contribution in [0.15, 0.2) is 49.6 Å². The molecule has 2 nitrogen and oxygen atoms in total.